The molecule has 0 bridgehead atoms. The topological polar surface area (TPSA) is 61.6 Å². The maximum Gasteiger partial charge on any atom is 0.294 e. The minimum Gasteiger partial charge on any atom is -0.491 e. The summed E-state index contributed by atoms with van der Waals surface area (Å²) in [4.78, 5) is 14.6. The molecule has 0 aromatic heterocycles. The third kappa shape index (κ3) is 1.76. The molecule has 1 aliphatic rings. The number of fused-ring (bicyclic) bond motifs is 1. The van der Waals surface area contributed by atoms with Crippen molar-refractivity contribution in [3.8, 4) is 5.75 Å². The maximum atomic E-state index is 10.1. The van der Waals surface area contributed by atoms with Gasteiger partial charge in [-0.25, -0.2) is 0 Å². The molecule has 1 aromatic rings. The van der Waals surface area contributed by atoms with Crippen LogP contribution in [0.2, 0.25) is 0 Å². The highest BCUT2D eigenvalue weighted by Crippen LogP contribution is 2.24. The Morgan fingerprint density at radius 2 is 2.29 bits per heavy atom. The zero-order valence-electron chi connectivity index (χ0n) is 7.38. The lowest BCUT2D eigenvalue weighted by Crippen LogP contribution is -2.30. The van der Waals surface area contributed by atoms with Crippen molar-refractivity contribution in [3.05, 3.63) is 39.9 Å². The summed E-state index contributed by atoms with van der Waals surface area (Å²) in [5, 5.41) is 9.33. The summed E-state index contributed by atoms with van der Waals surface area (Å²) >= 11 is 0. The average molecular weight is 195 g/mol. The van der Waals surface area contributed by atoms with E-state index in [0.29, 0.717) is 6.42 Å². The van der Waals surface area contributed by atoms with Crippen LogP contribution in [0.3, 0.4) is 0 Å². The van der Waals surface area contributed by atoms with Crippen LogP contribution in [0.15, 0.2) is 24.3 Å². The second-order valence-electron chi connectivity index (χ2n) is 3.07. The van der Waals surface area contributed by atoms with Gasteiger partial charge in [-0.2, -0.15) is 0 Å². The van der Waals surface area contributed by atoms with E-state index in [1.54, 1.807) is 0 Å². The van der Waals surface area contributed by atoms with E-state index >= 15 is 0 Å². The Kier molecular flexibility index (Phi) is 2.22. The van der Waals surface area contributed by atoms with Crippen LogP contribution in [-0.4, -0.2) is 17.8 Å². The van der Waals surface area contributed by atoms with Gasteiger partial charge < -0.3 is 9.57 Å². The molecular weight excluding hydrogens is 186 g/mol. The molecule has 1 heterocycles. The first kappa shape index (κ1) is 8.80. The third-order valence-corrected chi connectivity index (χ3v) is 2.08. The number of nitrogens with zero attached hydrogens (tertiary/aromatic N) is 1. The normalized spacial score (nSPS) is 19.3. The van der Waals surface area contributed by atoms with E-state index in [2.05, 4.69) is 4.84 Å². The van der Waals surface area contributed by atoms with E-state index in [1.807, 2.05) is 24.3 Å². The Labute approximate surface area is 80.4 Å². The van der Waals surface area contributed by atoms with Crippen molar-refractivity contribution in [1.82, 2.24) is 0 Å². The number of ether oxygens (including phenoxy) is 1. The average Bonchev–Trinajstić information content (AvgIpc) is 2.17. The van der Waals surface area contributed by atoms with E-state index in [4.69, 9.17) is 4.74 Å². The van der Waals surface area contributed by atoms with Crippen LogP contribution in [0.5, 0.6) is 5.75 Å². The van der Waals surface area contributed by atoms with Gasteiger partial charge in [0.2, 0.25) is 0 Å². The molecule has 2 rings (SSSR count). The second kappa shape index (κ2) is 3.53. The van der Waals surface area contributed by atoms with Crippen LogP contribution in [-0.2, 0) is 11.3 Å². The number of hydrogen-bond acceptors (Lipinski definition) is 4. The molecule has 1 atom stereocenters. The smallest absolute Gasteiger partial charge is 0.294 e. The summed E-state index contributed by atoms with van der Waals surface area (Å²) in [6.45, 7) is 0.234. The Morgan fingerprint density at radius 1 is 1.50 bits per heavy atom. The molecule has 0 saturated carbocycles. The van der Waals surface area contributed by atoms with Crippen LogP contribution in [0, 0.1) is 10.1 Å². The van der Waals surface area contributed by atoms with E-state index in [1.165, 1.54) is 0 Å². The summed E-state index contributed by atoms with van der Waals surface area (Å²) in [7, 11) is 0. The molecule has 0 N–H and O–H groups in total. The molecule has 0 spiro atoms. The van der Waals surface area contributed by atoms with Crippen molar-refractivity contribution in [3.63, 3.8) is 0 Å². The summed E-state index contributed by atoms with van der Waals surface area (Å²) in [5.74, 6) is 0.788. The van der Waals surface area contributed by atoms with Gasteiger partial charge in [-0.1, -0.05) is 18.2 Å². The lowest BCUT2D eigenvalue weighted by atomic mass is 10.1. The molecule has 74 valence electrons. The van der Waals surface area contributed by atoms with E-state index in [-0.39, 0.29) is 6.61 Å². The predicted octanol–water partition coefficient (Wildman–Crippen LogP) is 1.20. The zero-order valence-corrected chi connectivity index (χ0v) is 7.38. The molecule has 1 aromatic carbocycles. The van der Waals surface area contributed by atoms with Gasteiger partial charge >= 0.3 is 0 Å². The fourth-order valence-electron chi connectivity index (χ4n) is 1.49. The zero-order chi connectivity index (χ0) is 9.97. The first-order chi connectivity index (χ1) is 6.75. The summed E-state index contributed by atoms with van der Waals surface area (Å²) in [6, 6.07) is 7.47. The standard InChI is InChI=1S/C9H9NO4/c11-10(12)14-8-5-7-3-1-2-4-9(7)13-6-8/h1-4,8H,5-6H2/t8-/m1/s1. The molecule has 0 fully saturated rings. The van der Waals surface area contributed by atoms with Gasteiger partial charge in [0, 0.05) is 6.42 Å². The maximum absolute atomic E-state index is 10.1. The third-order valence-electron chi connectivity index (χ3n) is 2.08. The second-order valence-corrected chi connectivity index (χ2v) is 3.07. The molecule has 5 nitrogen and oxygen atoms in total. The van der Waals surface area contributed by atoms with Gasteiger partial charge in [0.05, 0.1) is 0 Å². The Morgan fingerprint density at radius 3 is 3.07 bits per heavy atom. The highest BCUT2D eigenvalue weighted by atomic mass is 17.0. The van der Waals surface area contributed by atoms with Crippen molar-refractivity contribution in [1.29, 1.82) is 0 Å². The molecule has 0 unspecified atom stereocenters. The first-order valence-electron chi connectivity index (χ1n) is 4.27. The van der Waals surface area contributed by atoms with Crippen LogP contribution < -0.4 is 4.74 Å². The quantitative estimate of drug-likeness (QED) is 0.525. The van der Waals surface area contributed by atoms with Crippen molar-refractivity contribution in [2.45, 2.75) is 12.5 Å². The van der Waals surface area contributed by atoms with Crippen LogP contribution in [0.4, 0.5) is 0 Å². The van der Waals surface area contributed by atoms with Crippen molar-refractivity contribution >= 4 is 0 Å². The van der Waals surface area contributed by atoms with Gasteiger partial charge in [-0.15, -0.1) is 10.1 Å². The molecule has 5 heteroatoms. The number of para-hydroxylation sites is 1. The lowest BCUT2D eigenvalue weighted by molar-refractivity contribution is -0.769. The number of benzene rings is 1. The minimum atomic E-state index is -0.776. The van der Waals surface area contributed by atoms with Gasteiger partial charge in [0.25, 0.3) is 5.09 Å². The predicted molar refractivity (Wildman–Crippen MR) is 47.5 cm³/mol. The van der Waals surface area contributed by atoms with Gasteiger partial charge in [0.15, 0.2) is 0 Å². The molecule has 14 heavy (non-hydrogen) atoms. The molecular formula is C9H9NO4. The lowest BCUT2D eigenvalue weighted by Gasteiger charge is -2.23. The first-order valence-corrected chi connectivity index (χ1v) is 4.27. The highest BCUT2D eigenvalue weighted by molar-refractivity contribution is 5.35. The van der Waals surface area contributed by atoms with Crippen molar-refractivity contribution < 1.29 is 14.7 Å². The fraction of sp³-hybridized carbons (Fsp3) is 0.333. The minimum absolute atomic E-state index is 0.234. The summed E-state index contributed by atoms with van der Waals surface area (Å²) in [5.41, 5.74) is 0.950. The van der Waals surface area contributed by atoms with Crippen LogP contribution in [0.25, 0.3) is 0 Å². The van der Waals surface area contributed by atoms with Crippen molar-refractivity contribution in [2.24, 2.45) is 0 Å². The molecule has 0 radical (unpaired) electrons. The monoisotopic (exact) mass is 195 g/mol. The van der Waals surface area contributed by atoms with Crippen LogP contribution >= 0.6 is 0 Å². The van der Waals surface area contributed by atoms with E-state index in [0.717, 1.165) is 11.3 Å². The fourth-order valence-corrected chi connectivity index (χ4v) is 1.49. The van der Waals surface area contributed by atoms with Gasteiger partial charge in [-0.3, -0.25) is 0 Å². The molecule has 0 amide bonds. The largest absolute Gasteiger partial charge is 0.491 e. The summed E-state index contributed by atoms with van der Waals surface area (Å²) < 4.78 is 5.31. The van der Waals surface area contributed by atoms with E-state index < -0.39 is 11.2 Å². The molecule has 0 aliphatic carbocycles. The van der Waals surface area contributed by atoms with Gasteiger partial charge in [-0.05, 0) is 11.6 Å². The van der Waals surface area contributed by atoms with Crippen LogP contribution in [0.1, 0.15) is 5.56 Å². The highest BCUT2D eigenvalue weighted by Gasteiger charge is 2.22. The Bertz CT molecular complexity index is 352. The number of rotatable bonds is 2. The molecule has 1 aliphatic heterocycles. The van der Waals surface area contributed by atoms with Crippen molar-refractivity contribution in [2.75, 3.05) is 6.61 Å². The van der Waals surface area contributed by atoms with Gasteiger partial charge in [0.1, 0.15) is 18.5 Å². The SMILES string of the molecule is O=[N+]([O-])O[C@H]1COc2ccccc2C1. The van der Waals surface area contributed by atoms with E-state index in [9.17, 15) is 10.1 Å². The molecule has 0 saturated heterocycles. The number of hydrogen-bond donors (Lipinski definition) is 0. The Hall–Kier alpha value is -1.78. The summed E-state index contributed by atoms with van der Waals surface area (Å²) in [6.07, 6.45) is 0.0387. The Balaban J connectivity index is 2.09.